The van der Waals surface area contributed by atoms with Gasteiger partial charge in [-0.05, 0) is 49.2 Å². The zero-order chi connectivity index (χ0) is 14.8. The van der Waals surface area contributed by atoms with Gasteiger partial charge in [0.25, 0.3) is 0 Å². The van der Waals surface area contributed by atoms with Gasteiger partial charge in [0.1, 0.15) is 0 Å². The summed E-state index contributed by atoms with van der Waals surface area (Å²) in [6.07, 6.45) is 1.09. The van der Waals surface area contributed by atoms with Gasteiger partial charge in [-0.25, -0.2) is 0 Å². The molecule has 0 amide bonds. The quantitative estimate of drug-likeness (QED) is 0.892. The summed E-state index contributed by atoms with van der Waals surface area (Å²) in [4.78, 5) is 2.39. The van der Waals surface area contributed by atoms with Crippen molar-refractivity contribution in [1.29, 1.82) is 0 Å². The molecule has 1 atom stereocenters. The molecule has 1 aliphatic heterocycles. The molecule has 0 saturated heterocycles. The molecule has 0 aromatic heterocycles. The van der Waals surface area contributed by atoms with E-state index in [2.05, 4.69) is 66.5 Å². The van der Waals surface area contributed by atoms with E-state index in [0.29, 0.717) is 6.04 Å². The maximum Gasteiger partial charge on any atom is 0.0471 e. The monoisotopic (exact) mass is 300 g/mol. The number of nitrogens with zero attached hydrogens (tertiary/aromatic N) is 1. The van der Waals surface area contributed by atoms with E-state index in [1.54, 1.807) is 0 Å². The predicted molar refractivity (Wildman–Crippen MR) is 90.6 cm³/mol. The van der Waals surface area contributed by atoms with Gasteiger partial charge in [0.2, 0.25) is 0 Å². The number of nitrogens with one attached hydrogen (secondary N) is 1. The van der Waals surface area contributed by atoms with Crippen LogP contribution in [-0.2, 0) is 13.0 Å². The third-order valence-electron chi connectivity index (χ3n) is 4.09. The van der Waals surface area contributed by atoms with E-state index in [9.17, 15) is 0 Å². The molecule has 1 heterocycles. The first-order valence-corrected chi connectivity index (χ1v) is 7.94. The zero-order valence-electron chi connectivity index (χ0n) is 12.6. The standard InChI is InChI=1S/C18H21ClN2/c1-3-20-12-15-8-9-16(11-17(15)19)21-13(2)10-14-6-4-5-7-18(14)21/h4-9,11,13,20H,3,10,12H2,1-2H3. The fourth-order valence-electron chi connectivity index (χ4n) is 3.05. The van der Waals surface area contributed by atoms with Crippen molar-refractivity contribution in [3.63, 3.8) is 0 Å². The van der Waals surface area contributed by atoms with E-state index < -0.39 is 0 Å². The molecule has 2 aromatic carbocycles. The van der Waals surface area contributed by atoms with Crippen molar-refractivity contribution in [3.05, 3.63) is 58.6 Å². The molecule has 0 aliphatic carbocycles. The second kappa shape index (κ2) is 6.08. The smallest absolute Gasteiger partial charge is 0.0471 e. The molecule has 1 aliphatic rings. The van der Waals surface area contributed by atoms with Gasteiger partial charge < -0.3 is 10.2 Å². The highest BCUT2D eigenvalue weighted by atomic mass is 35.5. The average molecular weight is 301 g/mol. The summed E-state index contributed by atoms with van der Waals surface area (Å²) in [5, 5.41) is 4.16. The van der Waals surface area contributed by atoms with Gasteiger partial charge in [0.15, 0.2) is 0 Å². The molecule has 2 aromatic rings. The summed E-state index contributed by atoms with van der Waals surface area (Å²) in [5.41, 5.74) is 5.05. The summed E-state index contributed by atoms with van der Waals surface area (Å²) < 4.78 is 0. The molecule has 3 heteroatoms. The van der Waals surface area contributed by atoms with Gasteiger partial charge in [-0.2, -0.15) is 0 Å². The van der Waals surface area contributed by atoms with E-state index in [-0.39, 0.29) is 0 Å². The van der Waals surface area contributed by atoms with Crippen molar-refractivity contribution in [2.45, 2.75) is 32.9 Å². The van der Waals surface area contributed by atoms with Crippen LogP contribution in [-0.4, -0.2) is 12.6 Å². The van der Waals surface area contributed by atoms with Crippen molar-refractivity contribution in [2.75, 3.05) is 11.4 Å². The average Bonchev–Trinajstić information content (AvgIpc) is 2.82. The van der Waals surface area contributed by atoms with Gasteiger partial charge in [0.05, 0.1) is 0 Å². The van der Waals surface area contributed by atoms with Crippen LogP contribution >= 0.6 is 11.6 Å². The lowest BCUT2D eigenvalue weighted by Crippen LogP contribution is -2.24. The van der Waals surface area contributed by atoms with Crippen LogP contribution in [0.1, 0.15) is 25.0 Å². The van der Waals surface area contributed by atoms with Crippen molar-refractivity contribution < 1.29 is 0 Å². The number of para-hydroxylation sites is 1. The Morgan fingerprint density at radius 1 is 1.24 bits per heavy atom. The normalized spacial score (nSPS) is 17.1. The maximum atomic E-state index is 6.45. The molecule has 0 saturated carbocycles. The summed E-state index contributed by atoms with van der Waals surface area (Å²) in [7, 11) is 0. The fraction of sp³-hybridized carbons (Fsp3) is 0.333. The molecular weight excluding hydrogens is 280 g/mol. The number of anilines is 2. The molecule has 0 bridgehead atoms. The Morgan fingerprint density at radius 3 is 2.81 bits per heavy atom. The highest BCUT2D eigenvalue weighted by Gasteiger charge is 2.26. The summed E-state index contributed by atoms with van der Waals surface area (Å²) in [6, 6.07) is 15.5. The van der Waals surface area contributed by atoms with Gasteiger partial charge in [-0.3, -0.25) is 0 Å². The number of rotatable bonds is 4. The lowest BCUT2D eigenvalue weighted by molar-refractivity contribution is 0.726. The van der Waals surface area contributed by atoms with Crippen LogP contribution in [0.25, 0.3) is 0 Å². The molecule has 1 N–H and O–H groups in total. The number of fused-ring (bicyclic) bond motifs is 1. The highest BCUT2D eigenvalue weighted by Crippen LogP contribution is 2.39. The van der Waals surface area contributed by atoms with Gasteiger partial charge in [-0.1, -0.05) is 42.8 Å². The molecule has 0 spiro atoms. The third kappa shape index (κ3) is 2.78. The molecule has 3 rings (SSSR count). The summed E-state index contributed by atoms with van der Waals surface area (Å²) in [6.45, 7) is 6.14. The number of benzene rings is 2. The molecule has 1 unspecified atom stereocenters. The molecule has 21 heavy (non-hydrogen) atoms. The lowest BCUT2D eigenvalue weighted by atomic mass is 10.1. The lowest BCUT2D eigenvalue weighted by Gasteiger charge is -2.25. The molecular formula is C18H21ClN2. The Bertz CT molecular complexity index is 639. The minimum absolute atomic E-state index is 0.470. The predicted octanol–water partition coefficient (Wildman–Crippen LogP) is 4.53. The Balaban J connectivity index is 1.92. The van der Waals surface area contributed by atoms with E-state index in [4.69, 9.17) is 11.6 Å². The van der Waals surface area contributed by atoms with E-state index >= 15 is 0 Å². The first-order chi connectivity index (χ1) is 10.2. The van der Waals surface area contributed by atoms with Crippen LogP contribution in [0.3, 0.4) is 0 Å². The first kappa shape index (κ1) is 14.4. The SMILES string of the molecule is CCNCc1ccc(N2c3ccccc3CC2C)cc1Cl. The number of halogens is 1. The minimum Gasteiger partial charge on any atom is -0.338 e. The van der Waals surface area contributed by atoms with Crippen LogP contribution < -0.4 is 10.2 Å². The topological polar surface area (TPSA) is 15.3 Å². The van der Waals surface area contributed by atoms with Crippen molar-refractivity contribution in [3.8, 4) is 0 Å². The van der Waals surface area contributed by atoms with Gasteiger partial charge in [0, 0.05) is 29.0 Å². The van der Waals surface area contributed by atoms with Crippen molar-refractivity contribution in [2.24, 2.45) is 0 Å². The summed E-state index contributed by atoms with van der Waals surface area (Å²) >= 11 is 6.45. The van der Waals surface area contributed by atoms with Gasteiger partial charge in [-0.15, -0.1) is 0 Å². The van der Waals surface area contributed by atoms with Crippen molar-refractivity contribution in [1.82, 2.24) is 5.32 Å². The molecule has 0 radical (unpaired) electrons. The van der Waals surface area contributed by atoms with E-state index in [1.165, 1.54) is 16.9 Å². The van der Waals surface area contributed by atoms with Gasteiger partial charge >= 0.3 is 0 Å². The largest absolute Gasteiger partial charge is 0.338 e. The second-order valence-corrected chi connectivity index (χ2v) is 6.02. The first-order valence-electron chi connectivity index (χ1n) is 7.57. The molecule has 110 valence electrons. The third-order valence-corrected chi connectivity index (χ3v) is 4.44. The summed E-state index contributed by atoms with van der Waals surface area (Å²) in [5.74, 6) is 0. The zero-order valence-corrected chi connectivity index (χ0v) is 13.3. The van der Waals surface area contributed by atoms with Crippen LogP contribution in [0.4, 0.5) is 11.4 Å². The van der Waals surface area contributed by atoms with Crippen LogP contribution in [0.5, 0.6) is 0 Å². The van der Waals surface area contributed by atoms with Crippen LogP contribution in [0.15, 0.2) is 42.5 Å². The number of hydrogen-bond acceptors (Lipinski definition) is 2. The Hall–Kier alpha value is -1.51. The fourth-order valence-corrected chi connectivity index (χ4v) is 3.29. The Labute approximate surface area is 131 Å². The minimum atomic E-state index is 0.470. The second-order valence-electron chi connectivity index (χ2n) is 5.61. The molecule has 0 fully saturated rings. The Morgan fingerprint density at radius 2 is 2.05 bits per heavy atom. The van der Waals surface area contributed by atoms with Crippen molar-refractivity contribution >= 4 is 23.0 Å². The van der Waals surface area contributed by atoms with E-state index in [0.717, 1.165) is 30.1 Å². The maximum absolute atomic E-state index is 6.45. The van der Waals surface area contributed by atoms with E-state index in [1.807, 2.05) is 0 Å². The van der Waals surface area contributed by atoms with Crippen LogP contribution in [0.2, 0.25) is 5.02 Å². The number of hydrogen-bond donors (Lipinski definition) is 1. The Kier molecular flexibility index (Phi) is 4.18. The van der Waals surface area contributed by atoms with Crippen LogP contribution in [0, 0.1) is 0 Å². The molecule has 2 nitrogen and oxygen atoms in total. The highest BCUT2D eigenvalue weighted by molar-refractivity contribution is 6.31.